The molecular weight excluding hydrogens is 486 g/mol. The molecule has 0 fully saturated rings. The second-order valence-corrected chi connectivity index (χ2v) is 11.9. The van der Waals surface area contributed by atoms with Gasteiger partial charge in [0.05, 0.1) is 35.2 Å². The minimum absolute atomic E-state index is 0.0851. The number of hydrogen-bond acceptors (Lipinski definition) is 6. The zero-order valence-electron chi connectivity index (χ0n) is 19.7. The van der Waals surface area contributed by atoms with Crippen LogP contribution in [-0.2, 0) is 20.0 Å². The van der Waals surface area contributed by atoms with E-state index in [4.69, 9.17) is 4.74 Å². The molecule has 0 saturated heterocycles. The molecule has 35 heavy (non-hydrogen) atoms. The van der Waals surface area contributed by atoms with E-state index in [-0.39, 0.29) is 17.1 Å². The van der Waals surface area contributed by atoms with E-state index in [9.17, 15) is 16.8 Å². The molecule has 0 aromatic heterocycles. The van der Waals surface area contributed by atoms with Crippen molar-refractivity contribution in [2.75, 3.05) is 17.6 Å². The van der Waals surface area contributed by atoms with Gasteiger partial charge in [0, 0.05) is 12.0 Å². The fourth-order valence-electron chi connectivity index (χ4n) is 3.98. The van der Waals surface area contributed by atoms with Gasteiger partial charge in [-0.05, 0) is 55.3 Å². The summed E-state index contributed by atoms with van der Waals surface area (Å²) in [5.41, 5.74) is 3.14. The Bertz CT molecular complexity index is 1470. The molecule has 1 aliphatic heterocycles. The normalized spacial score (nSPS) is 16.1. The lowest BCUT2D eigenvalue weighted by molar-refractivity contribution is 0.370. The number of para-hydroxylation sites is 1. The van der Waals surface area contributed by atoms with Crippen LogP contribution in [0.15, 0.2) is 82.8 Å². The van der Waals surface area contributed by atoms with E-state index < -0.39 is 26.1 Å². The maximum atomic E-state index is 13.7. The zero-order valence-corrected chi connectivity index (χ0v) is 21.3. The van der Waals surface area contributed by atoms with Crippen LogP contribution in [-0.4, -0.2) is 39.8 Å². The molecule has 0 spiro atoms. The summed E-state index contributed by atoms with van der Waals surface area (Å²) in [4.78, 5) is 0.0851. The summed E-state index contributed by atoms with van der Waals surface area (Å²) in [6.07, 6.45) is 0.283. The van der Waals surface area contributed by atoms with Crippen molar-refractivity contribution in [3.8, 4) is 5.75 Å². The molecule has 1 aliphatic rings. The van der Waals surface area contributed by atoms with Crippen LogP contribution >= 0.6 is 0 Å². The number of sulfonamides is 2. The minimum atomic E-state index is -4.02. The van der Waals surface area contributed by atoms with E-state index in [0.717, 1.165) is 15.5 Å². The molecule has 1 atom stereocenters. The molecule has 1 heterocycles. The highest BCUT2D eigenvalue weighted by Gasteiger charge is 2.39. The number of methoxy groups -OCH3 is 1. The Kier molecular flexibility index (Phi) is 6.86. The quantitative estimate of drug-likeness (QED) is 0.483. The van der Waals surface area contributed by atoms with Gasteiger partial charge in [0.1, 0.15) is 5.75 Å². The van der Waals surface area contributed by atoms with Crippen LogP contribution in [0.5, 0.6) is 5.75 Å². The SMILES string of the molecule is CCS(=O)(=O)Nc1ccccc1C1=NN(S(=O)(=O)c2ccc(OC)cc2)C(c2ccccc2C)C1. The first-order chi connectivity index (χ1) is 16.7. The first kappa shape index (κ1) is 24.7. The lowest BCUT2D eigenvalue weighted by Crippen LogP contribution is -2.27. The van der Waals surface area contributed by atoms with Crippen molar-refractivity contribution in [3.63, 3.8) is 0 Å². The Hall–Kier alpha value is -3.37. The predicted molar refractivity (Wildman–Crippen MR) is 137 cm³/mol. The van der Waals surface area contributed by atoms with E-state index in [1.165, 1.54) is 19.2 Å². The van der Waals surface area contributed by atoms with Crippen molar-refractivity contribution in [2.45, 2.75) is 31.2 Å². The summed E-state index contributed by atoms with van der Waals surface area (Å²) >= 11 is 0. The van der Waals surface area contributed by atoms with Gasteiger partial charge < -0.3 is 4.74 Å². The van der Waals surface area contributed by atoms with Crippen LogP contribution < -0.4 is 9.46 Å². The highest BCUT2D eigenvalue weighted by Crippen LogP contribution is 2.39. The summed E-state index contributed by atoms with van der Waals surface area (Å²) < 4.78 is 60.9. The molecule has 0 amide bonds. The molecule has 0 radical (unpaired) electrons. The molecular formula is C25H27N3O5S2. The van der Waals surface area contributed by atoms with Crippen LogP contribution in [0, 0.1) is 6.92 Å². The van der Waals surface area contributed by atoms with Gasteiger partial charge in [-0.1, -0.05) is 42.5 Å². The fraction of sp³-hybridized carbons (Fsp3) is 0.240. The third-order valence-electron chi connectivity index (χ3n) is 5.91. The molecule has 10 heteroatoms. The Morgan fingerprint density at radius 1 is 0.971 bits per heavy atom. The van der Waals surface area contributed by atoms with Gasteiger partial charge in [0.25, 0.3) is 10.0 Å². The van der Waals surface area contributed by atoms with Gasteiger partial charge in [0.2, 0.25) is 10.0 Å². The summed E-state index contributed by atoms with van der Waals surface area (Å²) in [6.45, 7) is 3.48. The van der Waals surface area contributed by atoms with Crippen LogP contribution in [0.2, 0.25) is 0 Å². The van der Waals surface area contributed by atoms with Gasteiger partial charge in [-0.3, -0.25) is 4.72 Å². The van der Waals surface area contributed by atoms with Crippen molar-refractivity contribution < 1.29 is 21.6 Å². The maximum Gasteiger partial charge on any atom is 0.279 e. The van der Waals surface area contributed by atoms with E-state index in [0.29, 0.717) is 22.7 Å². The Labute approximate surface area is 206 Å². The lowest BCUT2D eigenvalue weighted by Gasteiger charge is -2.24. The monoisotopic (exact) mass is 513 g/mol. The van der Waals surface area contributed by atoms with Gasteiger partial charge in [-0.2, -0.15) is 17.9 Å². The number of anilines is 1. The average Bonchev–Trinajstić information content (AvgIpc) is 3.30. The topological polar surface area (TPSA) is 105 Å². The lowest BCUT2D eigenvalue weighted by atomic mass is 9.95. The van der Waals surface area contributed by atoms with Crippen molar-refractivity contribution in [2.24, 2.45) is 5.10 Å². The standard InChI is InChI=1S/C25H27N3O5S2/c1-4-34(29,30)27-23-12-8-7-11-22(23)24-17-25(21-10-6-5-9-18(21)2)28(26-24)35(31,32)20-15-13-19(33-3)14-16-20/h5-16,25,27H,4,17H2,1-3H3. The first-order valence-corrected chi connectivity index (χ1v) is 14.2. The van der Waals surface area contributed by atoms with E-state index in [2.05, 4.69) is 9.82 Å². The number of hydrazone groups is 1. The van der Waals surface area contributed by atoms with E-state index >= 15 is 0 Å². The summed E-state index contributed by atoms with van der Waals surface area (Å²) in [7, 11) is -6.04. The fourth-order valence-corrected chi connectivity index (χ4v) is 6.07. The molecule has 0 saturated carbocycles. The highest BCUT2D eigenvalue weighted by molar-refractivity contribution is 7.92. The molecule has 0 aliphatic carbocycles. The third-order valence-corrected chi connectivity index (χ3v) is 8.89. The number of aryl methyl sites for hydroxylation is 1. The minimum Gasteiger partial charge on any atom is -0.497 e. The number of nitrogens with one attached hydrogen (secondary N) is 1. The van der Waals surface area contributed by atoms with Crippen molar-refractivity contribution in [1.29, 1.82) is 0 Å². The van der Waals surface area contributed by atoms with Crippen molar-refractivity contribution in [3.05, 3.63) is 89.5 Å². The predicted octanol–water partition coefficient (Wildman–Crippen LogP) is 4.31. The Balaban J connectivity index is 1.83. The number of ether oxygens (including phenoxy) is 1. The number of hydrogen-bond donors (Lipinski definition) is 1. The molecule has 4 rings (SSSR count). The molecule has 0 bridgehead atoms. The van der Waals surface area contributed by atoms with Crippen LogP contribution in [0.3, 0.4) is 0 Å². The van der Waals surface area contributed by atoms with Crippen molar-refractivity contribution in [1.82, 2.24) is 4.41 Å². The molecule has 1 N–H and O–H groups in total. The molecule has 3 aromatic rings. The Morgan fingerprint density at radius 3 is 2.29 bits per heavy atom. The van der Waals surface area contributed by atoms with Gasteiger partial charge in [-0.25, -0.2) is 8.42 Å². The molecule has 3 aromatic carbocycles. The summed E-state index contributed by atoms with van der Waals surface area (Å²) in [5, 5.41) is 4.56. The van der Waals surface area contributed by atoms with Gasteiger partial charge in [-0.15, -0.1) is 0 Å². The molecule has 1 unspecified atom stereocenters. The largest absolute Gasteiger partial charge is 0.497 e. The van der Waals surface area contributed by atoms with E-state index in [1.54, 1.807) is 43.3 Å². The third kappa shape index (κ3) is 5.03. The highest BCUT2D eigenvalue weighted by atomic mass is 32.2. The summed E-state index contributed by atoms with van der Waals surface area (Å²) in [5.74, 6) is 0.458. The maximum absolute atomic E-state index is 13.7. The first-order valence-electron chi connectivity index (χ1n) is 11.1. The second kappa shape index (κ2) is 9.71. The van der Waals surface area contributed by atoms with Gasteiger partial charge in [0.15, 0.2) is 0 Å². The van der Waals surface area contributed by atoms with Gasteiger partial charge >= 0.3 is 0 Å². The number of rotatable bonds is 8. The van der Waals surface area contributed by atoms with Crippen LogP contribution in [0.1, 0.15) is 36.1 Å². The summed E-state index contributed by atoms with van der Waals surface area (Å²) in [6, 6.07) is 20.0. The number of nitrogens with zero attached hydrogens (tertiary/aromatic N) is 2. The zero-order chi connectivity index (χ0) is 25.2. The second-order valence-electron chi connectivity index (χ2n) is 8.13. The number of benzene rings is 3. The molecule has 8 nitrogen and oxygen atoms in total. The van der Waals surface area contributed by atoms with Crippen LogP contribution in [0.4, 0.5) is 5.69 Å². The molecule has 184 valence electrons. The van der Waals surface area contributed by atoms with Crippen molar-refractivity contribution >= 4 is 31.4 Å². The average molecular weight is 514 g/mol. The van der Waals surface area contributed by atoms with E-state index in [1.807, 2.05) is 31.2 Å². The van der Waals surface area contributed by atoms with Crippen LogP contribution in [0.25, 0.3) is 0 Å². The Morgan fingerprint density at radius 2 is 1.63 bits per heavy atom. The smallest absolute Gasteiger partial charge is 0.279 e.